The van der Waals surface area contributed by atoms with Gasteiger partial charge in [0, 0.05) is 6.04 Å². The Hall–Kier alpha value is -0.0400. The number of nitrogens with one attached hydrogen (secondary N) is 1. The third kappa shape index (κ3) is 2.86. The molecule has 1 N–H and O–H groups in total. The van der Waals surface area contributed by atoms with E-state index in [1.165, 1.54) is 38.5 Å². The molecule has 0 bridgehead atoms. The predicted octanol–water partition coefficient (Wildman–Crippen LogP) is 4.23. The summed E-state index contributed by atoms with van der Waals surface area (Å²) in [5.41, 5.74) is 0.614. The van der Waals surface area contributed by atoms with Crippen LogP contribution in [0.1, 0.15) is 66.2 Å². The topological polar surface area (TPSA) is 12.0 Å². The molecular weight excluding hydrogens is 206 g/mol. The van der Waals surface area contributed by atoms with Gasteiger partial charge in [0.15, 0.2) is 0 Å². The van der Waals surface area contributed by atoms with Crippen LogP contribution in [0.4, 0.5) is 0 Å². The maximum atomic E-state index is 3.83. The molecule has 0 spiro atoms. The fourth-order valence-corrected chi connectivity index (χ4v) is 4.16. The fourth-order valence-electron chi connectivity index (χ4n) is 4.16. The summed E-state index contributed by atoms with van der Waals surface area (Å²) in [5.74, 6) is 2.89. The van der Waals surface area contributed by atoms with E-state index in [4.69, 9.17) is 0 Å². The van der Waals surface area contributed by atoms with Crippen LogP contribution in [0, 0.1) is 23.2 Å². The van der Waals surface area contributed by atoms with Gasteiger partial charge in [-0.15, -0.1) is 0 Å². The van der Waals surface area contributed by atoms with E-state index < -0.39 is 0 Å². The smallest absolute Gasteiger partial charge is 0.0131 e. The molecule has 2 saturated carbocycles. The SMILES string of the molecule is CCNC(C1CCCCC1CC)C1CC1(C)C. The Kier molecular flexibility index (Phi) is 4.18. The third-order valence-corrected chi connectivity index (χ3v) is 5.42. The van der Waals surface area contributed by atoms with Crippen LogP contribution in [-0.2, 0) is 0 Å². The van der Waals surface area contributed by atoms with Crippen LogP contribution < -0.4 is 5.32 Å². The zero-order valence-electron chi connectivity index (χ0n) is 12.3. The average molecular weight is 237 g/mol. The second-order valence-corrected chi connectivity index (χ2v) is 7.00. The van der Waals surface area contributed by atoms with Crippen LogP contribution in [0.2, 0.25) is 0 Å². The second kappa shape index (κ2) is 5.30. The van der Waals surface area contributed by atoms with Gasteiger partial charge in [0.25, 0.3) is 0 Å². The highest BCUT2D eigenvalue weighted by atomic mass is 14.9. The van der Waals surface area contributed by atoms with Gasteiger partial charge in [-0.3, -0.25) is 0 Å². The van der Waals surface area contributed by atoms with E-state index in [0.717, 1.165) is 30.3 Å². The summed E-state index contributed by atoms with van der Waals surface area (Å²) in [6.07, 6.45) is 8.73. The third-order valence-electron chi connectivity index (χ3n) is 5.42. The van der Waals surface area contributed by atoms with Crippen molar-refractivity contribution in [3.05, 3.63) is 0 Å². The molecule has 0 heterocycles. The van der Waals surface area contributed by atoms with Gasteiger partial charge in [0.05, 0.1) is 0 Å². The van der Waals surface area contributed by atoms with Gasteiger partial charge in [-0.05, 0) is 42.6 Å². The molecule has 2 aliphatic carbocycles. The Labute approximate surface area is 108 Å². The van der Waals surface area contributed by atoms with Crippen LogP contribution in [0.25, 0.3) is 0 Å². The summed E-state index contributed by atoms with van der Waals surface area (Å²) >= 11 is 0. The summed E-state index contributed by atoms with van der Waals surface area (Å²) in [5, 5.41) is 3.83. The predicted molar refractivity (Wildman–Crippen MR) is 75.1 cm³/mol. The normalized spacial score (nSPS) is 37.8. The molecule has 0 amide bonds. The van der Waals surface area contributed by atoms with Crippen LogP contribution in [0.15, 0.2) is 0 Å². The van der Waals surface area contributed by atoms with Crippen molar-refractivity contribution in [1.82, 2.24) is 5.32 Å². The maximum Gasteiger partial charge on any atom is 0.0131 e. The summed E-state index contributed by atoms with van der Waals surface area (Å²) < 4.78 is 0. The highest BCUT2D eigenvalue weighted by Crippen LogP contribution is 2.56. The summed E-state index contributed by atoms with van der Waals surface area (Å²) in [7, 11) is 0. The lowest BCUT2D eigenvalue weighted by Gasteiger charge is -2.38. The van der Waals surface area contributed by atoms with Crippen LogP contribution >= 0.6 is 0 Å². The van der Waals surface area contributed by atoms with Crippen LogP contribution in [0.3, 0.4) is 0 Å². The van der Waals surface area contributed by atoms with Crippen LogP contribution in [-0.4, -0.2) is 12.6 Å². The first-order chi connectivity index (χ1) is 8.10. The van der Waals surface area contributed by atoms with E-state index in [-0.39, 0.29) is 0 Å². The maximum absolute atomic E-state index is 3.83. The Bertz CT molecular complexity index is 246. The minimum atomic E-state index is 0.614. The van der Waals surface area contributed by atoms with Crippen molar-refractivity contribution in [2.45, 2.75) is 72.3 Å². The Morgan fingerprint density at radius 2 is 1.82 bits per heavy atom. The molecule has 2 aliphatic rings. The zero-order valence-corrected chi connectivity index (χ0v) is 12.3. The molecule has 0 radical (unpaired) electrons. The van der Waals surface area contributed by atoms with E-state index in [9.17, 15) is 0 Å². The summed E-state index contributed by atoms with van der Waals surface area (Å²) in [4.78, 5) is 0. The molecule has 2 rings (SSSR count). The van der Waals surface area contributed by atoms with Crippen LogP contribution in [0.5, 0.6) is 0 Å². The van der Waals surface area contributed by atoms with Crippen molar-refractivity contribution in [2.24, 2.45) is 23.2 Å². The average Bonchev–Trinajstić information content (AvgIpc) is 2.95. The number of rotatable bonds is 5. The van der Waals surface area contributed by atoms with Crippen molar-refractivity contribution in [1.29, 1.82) is 0 Å². The Morgan fingerprint density at radius 3 is 2.35 bits per heavy atom. The van der Waals surface area contributed by atoms with Gasteiger partial charge in [-0.2, -0.15) is 0 Å². The molecular formula is C16H31N. The molecule has 17 heavy (non-hydrogen) atoms. The number of hydrogen-bond acceptors (Lipinski definition) is 1. The first-order valence-electron chi connectivity index (χ1n) is 7.83. The molecule has 2 fully saturated rings. The molecule has 4 unspecified atom stereocenters. The summed E-state index contributed by atoms with van der Waals surface area (Å²) in [6, 6.07) is 0.806. The molecule has 0 aromatic rings. The molecule has 100 valence electrons. The Balaban J connectivity index is 2.03. The first-order valence-corrected chi connectivity index (χ1v) is 7.83. The molecule has 1 heteroatoms. The van der Waals surface area contributed by atoms with E-state index in [1.54, 1.807) is 0 Å². The molecule has 0 aromatic carbocycles. The molecule has 1 nitrogen and oxygen atoms in total. The lowest BCUT2D eigenvalue weighted by Crippen LogP contribution is -2.43. The van der Waals surface area contributed by atoms with Crippen molar-refractivity contribution >= 4 is 0 Å². The van der Waals surface area contributed by atoms with E-state index in [2.05, 4.69) is 33.0 Å². The summed E-state index contributed by atoms with van der Waals surface area (Å²) in [6.45, 7) is 10.7. The molecule has 4 atom stereocenters. The highest BCUT2D eigenvalue weighted by molar-refractivity contribution is 5.04. The fraction of sp³-hybridized carbons (Fsp3) is 1.00. The van der Waals surface area contributed by atoms with E-state index in [0.29, 0.717) is 5.41 Å². The zero-order chi connectivity index (χ0) is 12.5. The number of hydrogen-bond donors (Lipinski definition) is 1. The minimum Gasteiger partial charge on any atom is -0.314 e. The van der Waals surface area contributed by atoms with Crippen molar-refractivity contribution in [2.75, 3.05) is 6.54 Å². The van der Waals surface area contributed by atoms with Gasteiger partial charge >= 0.3 is 0 Å². The van der Waals surface area contributed by atoms with Crippen molar-refractivity contribution in [3.8, 4) is 0 Å². The van der Waals surface area contributed by atoms with Crippen molar-refractivity contribution in [3.63, 3.8) is 0 Å². The van der Waals surface area contributed by atoms with Gasteiger partial charge in [0.1, 0.15) is 0 Å². The van der Waals surface area contributed by atoms with Gasteiger partial charge in [-0.1, -0.05) is 53.4 Å². The van der Waals surface area contributed by atoms with Gasteiger partial charge < -0.3 is 5.32 Å². The van der Waals surface area contributed by atoms with Gasteiger partial charge in [0.2, 0.25) is 0 Å². The monoisotopic (exact) mass is 237 g/mol. The largest absolute Gasteiger partial charge is 0.314 e. The minimum absolute atomic E-state index is 0.614. The lowest BCUT2D eigenvalue weighted by atomic mass is 9.72. The molecule has 0 aromatic heterocycles. The Morgan fingerprint density at radius 1 is 1.18 bits per heavy atom. The van der Waals surface area contributed by atoms with Gasteiger partial charge in [-0.25, -0.2) is 0 Å². The molecule has 0 saturated heterocycles. The quantitative estimate of drug-likeness (QED) is 0.754. The van der Waals surface area contributed by atoms with E-state index in [1.807, 2.05) is 0 Å². The van der Waals surface area contributed by atoms with Crippen molar-refractivity contribution < 1.29 is 0 Å². The lowest BCUT2D eigenvalue weighted by molar-refractivity contribution is 0.155. The first kappa shape index (κ1) is 13.4. The second-order valence-electron chi connectivity index (χ2n) is 7.00. The highest BCUT2D eigenvalue weighted by Gasteiger charge is 2.52. The molecule has 0 aliphatic heterocycles. The standard InChI is InChI=1S/C16H31N/c1-5-12-9-7-8-10-13(12)15(17-6-2)14-11-16(14,3)4/h12-15,17H,5-11H2,1-4H3. The van der Waals surface area contributed by atoms with E-state index >= 15 is 0 Å².